The van der Waals surface area contributed by atoms with Crippen LogP contribution in [0.3, 0.4) is 0 Å². The molecule has 31 heavy (non-hydrogen) atoms. The van der Waals surface area contributed by atoms with Gasteiger partial charge >= 0.3 is 0 Å². The third-order valence-corrected chi connectivity index (χ3v) is 6.71. The summed E-state index contributed by atoms with van der Waals surface area (Å²) >= 11 is 6.68. The van der Waals surface area contributed by atoms with Gasteiger partial charge in [-0.15, -0.1) is 0 Å². The van der Waals surface area contributed by atoms with E-state index in [0.717, 1.165) is 0 Å². The summed E-state index contributed by atoms with van der Waals surface area (Å²) < 4.78 is 6.36. The average Bonchev–Trinajstić information content (AvgIpc) is 2.81. The normalized spacial score (nSPS) is 11.5. The van der Waals surface area contributed by atoms with Crippen LogP contribution in [0.2, 0.25) is 0 Å². The quantitative estimate of drug-likeness (QED) is 0.295. The molecule has 3 rings (SSSR count). The van der Waals surface area contributed by atoms with E-state index in [1.807, 2.05) is 0 Å². The molecule has 0 aliphatic carbocycles. The number of ether oxygens (including phenoxy) is 1. The first-order chi connectivity index (χ1) is 14.9. The first kappa shape index (κ1) is 23.0. The van der Waals surface area contributed by atoms with Crippen molar-refractivity contribution in [2.75, 3.05) is 6.61 Å². The Morgan fingerprint density at radius 2 is 1.61 bits per heavy atom. The highest BCUT2D eigenvalue weighted by Crippen LogP contribution is 2.41. The molecule has 0 unspecified atom stereocenters. The third-order valence-electron chi connectivity index (χ3n) is 4.56. The molecule has 0 fully saturated rings. The Bertz CT molecular complexity index is 1050. The number of phenolic OH excluding ortho intramolecular Hbond substituents is 1. The van der Waals surface area contributed by atoms with E-state index < -0.39 is 11.5 Å². The molecule has 0 radical (unpaired) electrons. The lowest BCUT2D eigenvalue weighted by molar-refractivity contribution is -0.136. The van der Waals surface area contributed by atoms with E-state index in [0.29, 0.717) is 32.2 Å². The minimum absolute atomic E-state index is 0.0440. The number of aliphatic hydroxyl groups is 1. The largest absolute Gasteiger partial charge is 0.503 e. The smallest absolute Gasteiger partial charge is 0.281 e. The molecule has 0 saturated heterocycles. The average molecular weight is 548 g/mol. The second kappa shape index (κ2) is 10.1. The summed E-state index contributed by atoms with van der Waals surface area (Å²) in [5.74, 6) is -0.479. The lowest BCUT2D eigenvalue weighted by Crippen LogP contribution is -2.43. The van der Waals surface area contributed by atoms with Crippen molar-refractivity contribution in [2.24, 2.45) is 5.10 Å². The van der Waals surface area contributed by atoms with Gasteiger partial charge in [0.2, 0.25) is 0 Å². The number of benzene rings is 3. The first-order valence-electron chi connectivity index (χ1n) is 9.40. The number of carbonyl (C=O) groups is 1. The molecule has 3 aromatic rings. The van der Waals surface area contributed by atoms with Crippen molar-refractivity contribution < 1.29 is 19.7 Å². The number of phenols is 1. The van der Waals surface area contributed by atoms with Crippen LogP contribution < -0.4 is 10.2 Å². The molecule has 6 nitrogen and oxygen atoms in total. The SMILES string of the molecule is CCOc1cc(C=NNC(=O)C(O)(c2ccccc2)c2ccccc2)c(Br)c(Br)c1O. The molecule has 0 aliphatic rings. The lowest BCUT2D eigenvalue weighted by atomic mass is 9.85. The fourth-order valence-electron chi connectivity index (χ4n) is 3.00. The molecular weight excluding hydrogens is 528 g/mol. The molecular formula is C23H20Br2N2O4. The van der Waals surface area contributed by atoms with Crippen LogP contribution in [0.4, 0.5) is 0 Å². The molecule has 0 atom stereocenters. The van der Waals surface area contributed by atoms with Gasteiger partial charge in [-0.25, -0.2) is 5.43 Å². The molecule has 0 spiro atoms. The van der Waals surface area contributed by atoms with Gasteiger partial charge in [0.15, 0.2) is 17.1 Å². The Labute approximate surface area is 196 Å². The lowest BCUT2D eigenvalue weighted by Gasteiger charge is -2.27. The molecule has 3 N–H and O–H groups in total. The maximum absolute atomic E-state index is 13.1. The van der Waals surface area contributed by atoms with Gasteiger partial charge in [0, 0.05) is 10.0 Å². The van der Waals surface area contributed by atoms with Gasteiger partial charge in [0.05, 0.1) is 17.3 Å². The van der Waals surface area contributed by atoms with E-state index >= 15 is 0 Å². The number of nitrogens with one attached hydrogen (secondary N) is 1. The molecule has 0 aliphatic heterocycles. The maximum atomic E-state index is 13.1. The van der Waals surface area contributed by atoms with Crippen LogP contribution in [0.1, 0.15) is 23.6 Å². The van der Waals surface area contributed by atoms with Crippen LogP contribution in [0.15, 0.2) is 80.8 Å². The molecule has 160 valence electrons. The van der Waals surface area contributed by atoms with Crippen LogP contribution in [0.5, 0.6) is 11.5 Å². The van der Waals surface area contributed by atoms with E-state index in [4.69, 9.17) is 4.74 Å². The van der Waals surface area contributed by atoms with E-state index in [2.05, 4.69) is 42.4 Å². The van der Waals surface area contributed by atoms with Crippen molar-refractivity contribution in [3.8, 4) is 11.5 Å². The van der Waals surface area contributed by atoms with Gasteiger partial charge in [0.25, 0.3) is 5.91 Å². The predicted molar refractivity (Wildman–Crippen MR) is 126 cm³/mol. The first-order valence-corrected chi connectivity index (χ1v) is 11.0. The zero-order valence-electron chi connectivity index (χ0n) is 16.5. The van der Waals surface area contributed by atoms with Crippen molar-refractivity contribution in [1.82, 2.24) is 5.43 Å². The summed E-state index contributed by atoms with van der Waals surface area (Å²) in [6.45, 7) is 2.17. The summed E-state index contributed by atoms with van der Waals surface area (Å²) in [4.78, 5) is 13.1. The number of hydrogen-bond donors (Lipinski definition) is 3. The zero-order chi connectivity index (χ0) is 22.4. The Kier molecular flexibility index (Phi) is 7.48. The minimum atomic E-state index is -1.93. The van der Waals surface area contributed by atoms with E-state index in [-0.39, 0.29) is 11.5 Å². The number of hydrogen-bond acceptors (Lipinski definition) is 5. The van der Waals surface area contributed by atoms with Crippen molar-refractivity contribution >= 4 is 44.0 Å². The van der Waals surface area contributed by atoms with Crippen LogP contribution in [0.25, 0.3) is 0 Å². The summed E-state index contributed by atoms with van der Waals surface area (Å²) in [5.41, 5.74) is 1.88. The van der Waals surface area contributed by atoms with Gasteiger partial charge in [-0.3, -0.25) is 4.79 Å². The van der Waals surface area contributed by atoms with Gasteiger partial charge < -0.3 is 14.9 Å². The van der Waals surface area contributed by atoms with Crippen molar-refractivity contribution in [2.45, 2.75) is 12.5 Å². The van der Waals surface area contributed by atoms with Crippen molar-refractivity contribution in [3.63, 3.8) is 0 Å². The third kappa shape index (κ3) is 4.81. The number of halogens is 2. The Morgan fingerprint density at radius 1 is 1.06 bits per heavy atom. The summed E-state index contributed by atoms with van der Waals surface area (Å²) in [5, 5.41) is 25.6. The van der Waals surface area contributed by atoms with Crippen LogP contribution in [0, 0.1) is 0 Å². The second-order valence-electron chi connectivity index (χ2n) is 6.52. The van der Waals surface area contributed by atoms with Gasteiger partial charge in [-0.05, 0) is 56.0 Å². The number of nitrogens with zero attached hydrogens (tertiary/aromatic N) is 1. The fraction of sp³-hybridized carbons (Fsp3) is 0.130. The fourth-order valence-corrected chi connectivity index (χ4v) is 3.83. The maximum Gasteiger partial charge on any atom is 0.281 e. The monoisotopic (exact) mass is 546 g/mol. The zero-order valence-corrected chi connectivity index (χ0v) is 19.7. The Morgan fingerprint density at radius 3 is 2.13 bits per heavy atom. The molecule has 1 amide bonds. The number of carbonyl (C=O) groups excluding carboxylic acids is 1. The standard InChI is InChI=1S/C23H20Br2N2O4/c1-2-31-18-13-15(19(24)20(25)21(18)28)14-26-27-22(29)23(30,16-9-5-3-6-10-16)17-11-7-4-8-12-17/h3-14,28,30H,2H2,1H3,(H,27,29). The molecule has 0 bridgehead atoms. The molecule has 0 saturated carbocycles. The van der Waals surface area contributed by atoms with Crippen LogP contribution in [-0.4, -0.2) is 28.9 Å². The van der Waals surface area contributed by atoms with Crippen LogP contribution in [-0.2, 0) is 10.4 Å². The topological polar surface area (TPSA) is 91.2 Å². The number of aromatic hydroxyl groups is 1. The number of hydrazone groups is 1. The number of rotatable bonds is 7. The summed E-state index contributed by atoms with van der Waals surface area (Å²) in [7, 11) is 0. The molecule has 0 heterocycles. The Balaban J connectivity index is 1.92. The van der Waals surface area contributed by atoms with Gasteiger partial charge in [-0.1, -0.05) is 60.7 Å². The van der Waals surface area contributed by atoms with Gasteiger partial charge in [-0.2, -0.15) is 5.10 Å². The molecule has 3 aromatic carbocycles. The van der Waals surface area contributed by atoms with Crippen LogP contribution >= 0.6 is 31.9 Å². The molecule has 0 aromatic heterocycles. The Hall–Kier alpha value is -2.68. The summed E-state index contributed by atoms with van der Waals surface area (Å²) in [6.07, 6.45) is 1.39. The van der Waals surface area contributed by atoms with E-state index in [1.165, 1.54) is 6.21 Å². The van der Waals surface area contributed by atoms with Gasteiger partial charge in [0.1, 0.15) is 0 Å². The van der Waals surface area contributed by atoms with E-state index in [9.17, 15) is 15.0 Å². The highest BCUT2D eigenvalue weighted by molar-refractivity contribution is 9.13. The second-order valence-corrected chi connectivity index (χ2v) is 8.10. The molecule has 8 heteroatoms. The predicted octanol–water partition coefficient (Wildman–Crippen LogP) is 4.70. The number of amides is 1. The highest BCUT2D eigenvalue weighted by atomic mass is 79.9. The van der Waals surface area contributed by atoms with Crippen molar-refractivity contribution in [1.29, 1.82) is 0 Å². The summed E-state index contributed by atoms with van der Waals surface area (Å²) in [6, 6.07) is 18.9. The highest BCUT2D eigenvalue weighted by Gasteiger charge is 2.39. The van der Waals surface area contributed by atoms with E-state index in [1.54, 1.807) is 73.7 Å². The van der Waals surface area contributed by atoms with Crippen molar-refractivity contribution in [3.05, 3.63) is 92.4 Å². The minimum Gasteiger partial charge on any atom is -0.503 e.